The van der Waals surface area contributed by atoms with Gasteiger partial charge in [0, 0.05) is 36.9 Å². The lowest BCUT2D eigenvalue weighted by molar-refractivity contribution is -0.122. The fraction of sp³-hybridized carbons (Fsp3) is 0.208. The van der Waals surface area contributed by atoms with E-state index in [9.17, 15) is 24.3 Å². The number of H-pyrrole nitrogens is 2. The number of nitrogens with one attached hydrogen (secondary N) is 4. The maximum atomic E-state index is 12.6. The molecule has 0 unspecified atom stereocenters. The van der Waals surface area contributed by atoms with Gasteiger partial charge in [0.05, 0.1) is 0 Å². The number of anilines is 2. The van der Waals surface area contributed by atoms with Crippen molar-refractivity contribution in [1.82, 2.24) is 15.3 Å². The summed E-state index contributed by atoms with van der Waals surface area (Å²) < 4.78 is 0. The third kappa shape index (κ3) is 6.22. The zero-order chi connectivity index (χ0) is 26.7. The lowest BCUT2D eigenvalue weighted by Gasteiger charge is -2.17. The smallest absolute Gasteiger partial charge is 0.328 e. The van der Waals surface area contributed by atoms with Crippen LogP contribution < -0.4 is 26.8 Å². The molecule has 1 saturated heterocycles. The Hall–Kier alpha value is -4.03. The molecular weight excluding hydrogens is 520 g/mol. The molecule has 0 bridgehead atoms. The van der Waals surface area contributed by atoms with Gasteiger partial charge in [0.15, 0.2) is 5.17 Å². The lowest BCUT2D eigenvalue weighted by atomic mass is 10.0. The first-order chi connectivity index (χ1) is 17.6. The van der Waals surface area contributed by atoms with Gasteiger partial charge in [0.2, 0.25) is 17.7 Å². The summed E-state index contributed by atoms with van der Waals surface area (Å²) in [7, 11) is 3.75. The molecule has 11 nitrogen and oxygen atoms in total. The monoisotopic (exact) mass is 542 g/mol. The molecule has 0 radical (unpaired) electrons. The van der Waals surface area contributed by atoms with Crippen LogP contribution in [0.2, 0.25) is 5.02 Å². The highest BCUT2D eigenvalue weighted by molar-refractivity contribution is 8.15. The zero-order valence-electron chi connectivity index (χ0n) is 19.7. The van der Waals surface area contributed by atoms with E-state index in [2.05, 4.69) is 25.6 Å². The van der Waals surface area contributed by atoms with E-state index >= 15 is 0 Å². The number of amidine groups is 1. The van der Waals surface area contributed by atoms with Crippen LogP contribution in [0, 0.1) is 0 Å². The van der Waals surface area contributed by atoms with Crippen molar-refractivity contribution in [2.75, 3.05) is 24.3 Å². The molecule has 4 rings (SSSR count). The molecule has 0 aliphatic carbocycles. The minimum atomic E-state index is -1.06. The topological polar surface area (TPSA) is 160 Å². The number of thioether (sulfide) groups is 1. The molecule has 1 fully saturated rings. The SMILES string of the molecule is CN(C)c1ccc([C@H](N=C2NC(=O)[C@H](CC(=O)Nc3cccc(Cl)c3)S2)c2c(O)[nH]c(=O)[nH]c2=O)cc1. The highest BCUT2D eigenvalue weighted by Gasteiger charge is 2.34. The molecule has 2 amide bonds. The van der Waals surface area contributed by atoms with Gasteiger partial charge < -0.3 is 20.6 Å². The summed E-state index contributed by atoms with van der Waals surface area (Å²) >= 11 is 6.98. The number of nitrogens with zero attached hydrogens (tertiary/aromatic N) is 2. The van der Waals surface area contributed by atoms with Crippen LogP contribution in [-0.2, 0) is 9.59 Å². The molecular formula is C24H23ClN6O5S. The first-order valence-electron chi connectivity index (χ1n) is 11.0. The van der Waals surface area contributed by atoms with Crippen molar-refractivity contribution in [2.45, 2.75) is 17.7 Å². The molecule has 0 spiro atoms. The number of aromatic hydroxyl groups is 1. The van der Waals surface area contributed by atoms with Crippen LogP contribution in [0.3, 0.4) is 0 Å². The van der Waals surface area contributed by atoms with Gasteiger partial charge in [0.1, 0.15) is 16.9 Å². The second kappa shape index (κ2) is 10.9. The molecule has 13 heteroatoms. The van der Waals surface area contributed by atoms with Crippen LogP contribution in [0.1, 0.15) is 23.6 Å². The Morgan fingerprint density at radius 3 is 2.54 bits per heavy atom. The maximum Gasteiger partial charge on any atom is 0.328 e. The Balaban J connectivity index is 1.61. The van der Waals surface area contributed by atoms with Gasteiger partial charge in [-0.25, -0.2) is 9.79 Å². The molecule has 1 aromatic heterocycles. The fourth-order valence-electron chi connectivity index (χ4n) is 3.66. The normalized spacial score (nSPS) is 16.9. The number of rotatable bonds is 7. The fourth-order valence-corrected chi connectivity index (χ4v) is 4.85. The summed E-state index contributed by atoms with van der Waals surface area (Å²) in [6.45, 7) is 0. The number of aromatic amines is 2. The molecule has 1 aliphatic heterocycles. The zero-order valence-corrected chi connectivity index (χ0v) is 21.3. The Bertz CT molecular complexity index is 1480. The second-order valence-electron chi connectivity index (χ2n) is 8.35. The first-order valence-corrected chi connectivity index (χ1v) is 12.3. The molecule has 2 aromatic carbocycles. The predicted octanol–water partition coefficient (Wildman–Crippen LogP) is 2.19. The lowest BCUT2D eigenvalue weighted by Crippen LogP contribution is -2.29. The van der Waals surface area contributed by atoms with Gasteiger partial charge in [-0.2, -0.15) is 0 Å². The molecule has 0 saturated carbocycles. The maximum absolute atomic E-state index is 12.6. The van der Waals surface area contributed by atoms with Crippen LogP contribution in [0.15, 0.2) is 63.1 Å². The van der Waals surface area contributed by atoms with E-state index in [1.807, 2.05) is 31.1 Å². The van der Waals surface area contributed by atoms with Gasteiger partial charge in [-0.3, -0.25) is 24.4 Å². The number of aromatic nitrogens is 2. The average molecular weight is 543 g/mol. The minimum absolute atomic E-state index is 0.130. The Morgan fingerprint density at radius 1 is 1.16 bits per heavy atom. The van der Waals surface area contributed by atoms with Crippen molar-refractivity contribution < 1.29 is 14.7 Å². The standard InChI is InChI=1S/C24H23ClN6O5S/c1-31(2)15-8-6-12(7-9-15)19(18-21(34)28-23(36)29-22(18)35)27-24-30-20(33)16(37-24)11-17(32)26-14-5-3-4-13(25)10-14/h3-10,16,19H,11H2,1-2H3,(H,26,32)(H,27,30,33)(H3,28,29,34,35,36)/t16-,19-/m0/s1. The van der Waals surface area contributed by atoms with E-state index in [1.165, 1.54) is 0 Å². The van der Waals surface area contributed by atoms with Crippen molar-refractivity contribution in [3.05, 3.63) is 85.5 Å². The number of carbonyl (C=O) groups is 2. The number of hydrogen-bond donors (Lipinski definition) is 5. The van der Waals surface area contributed by atoms with Gasteiger partial charge in [-0.15, -0.1) is 0 Å². The van der Waals surface area contributed by atoms with Crippen molar-refractivity contribution >= 4 is 51.7 Å². The minimum Gasteiger partial charge on any atom is -0.494 e. The van der Waals surface area contributed by atoms with E-state index < -0.39 is 34.3 Å². The van der Waals surface area contributed by atoms with Gasteiger partial charge in [-0.1, -0.05) is 41.6 Å². The summed E-state index contributed by atoms with van der Waals surface area (Å²) in [5.41, 5.74) is 0.0477. The number of halogens is 1. The molecule has 2 heterocycles. The van der Waals surface area contributed by atoms with Crippen LogP contribution in [-0.4, -0.2) is 51.4 Å². The molecule has 1 aliphatic rings. The predicted molar refractivity (Wildman–Crippen MR) is 144 cm³/mol. The molecule has 3 aromatic rings. The average Bonchev–Trinajstić information content (AvgIpc) is 3.16. The number of aliphatic imine (C=N–C) groups is 1. The van der Waals surface area contributed by atoms with E-state index in [4.69, 9.17) is 11.6 Å². The Morgan fingerprint density at radius 2 is 1.89 bits per heavy atom. The van der Waals surface area contributed by atoms with Crippen LogP contribution >= 0.6 is 23.4 Å². The summed E-state index contributed by atoms with van der Waals surface area (Å²) in [6.07, 6.45) is -0.130. The van der Waals surface area contributed by atoms with E-state index in [-0.39, 0.29) is 23.1 Å². The van der Waals surface area contributed by atoms with Crippen molar-refractivity contribution in [1.29, 1.82) is 0 Å². The van der Waals surface area contributed by atoms with Crippen LogP contribution in [0.5, 0.6) is 5.88 Å². The number of hydrogen-bond acceptors (Lipinski definition) is 8. The highest BCUT2D eigenvalue weighted by Crippen LogP contribution is 2.32. The molecule has 2 atom stereocenters. The van der Waals surface area contributed by atoms with Crippen LogP contribution in [0.4, 0.5) is 11.4 Å². The molecule has 37 heavy (non-hydrogen) atoms. The van der Waals surface area contributed by atoms with E-state index in [0.717, 1.165) is 17.4 Å². The summed E-state index contributed by atoms with van der Waals surface area (Å²) in [5, 5.41) is 15.6. The number of carbonyl (C=O) groups excluding carboxylic acids is 2. The number of benzene rings is 2. The van der Waals surface area contributed by atoms with Crippen molar-refractivity contribution in [2.24, 2.45) is 4.99 Å². The summed E-state index contributed by atoms with van der Waals surface area (Å²) in [5.74, 6) is -1.44. The highest BCUT2D eigenvalue weighted by atomic mass is 35.5. The first kappa shape index (κ1) is 26.0. The van der Waals surface area contributed by atoms with Gasteiger partial charge in [-0.05, 0) is 35.9 Å². The third-order valence-electron chi connectivity index (χ3n) is 5.46. The second-order valence-corrected chi connectivity index (χ2v) is 9.98. The third-order valence-corrected chi connectivity index (χ3v) is 6.79. The summed E-state index contributed by atoms with van der Waals surface area (Å²) in [6, 6.07) is 12.7. The van der Waals surface area contributed by atoms with Crippen LogP contribution in [0.25, 0.3) is 0 Å². The number of amides is 2. The van der Waals surface area contributed by atoms with E-state index in [0.29, 0.717) is 16.3 Å². The molecule has 5 N–H and O–H groups in total. The van der Waals surface area contributed by atoms with Gasteiger partial charge in [0.25, 0.3) is 5.56 Å². The van der Waals surface area contributed by atoms with E-state index in [1.54, 1.807) is 36.4 Å². The van der Waals surface area contributed by atoms with Crippen molar-refractivity contribution in [3.63, 3.8) is 0 Å². The van der Waals surface area contributed by atoms with Crippen molar-refractivity contribution in [3.8, 4) is 5.88 Å². The Labute approximate surface area is 220 Å². The Kier molecular flexibility index (Phi) is 7.69. The molecule has 192 valence electrons. The quantitative estimate of drug-likeness (QED) is 0.306. The largest absolute Gasteiger partial charge is 0.494 e. The summed E-state index contributed by atoms with van der Waals surface area (Å²) in [4.78, 5) is 60.0. The van der Waals surface area contributed by atoms with Gasteiger partial charge >= 0.3 is 5.69 Å².